The minimum atomic E-state index is 0.124. The van der Waals surface area contributed by atoms with Crippen molar-refractivity contribution in [2.75, 3.05) is 13.7 Å². The summed E-state index contributed by atoms with van der Waals surface area (Å²) in [5.41, 5.74) is 3.73. The van der Waals surface area contributed by atoms with Gasteiger partial charge in [-0.25, -0.2) is 0 Å². The van der Waals surface area contributed by atoms with E-state index in [0.29, 0.717) is 0 Å². The van der Waals surface area contributed by atoms with E-state index in [4.69, 9.17) is 4.74 Å². The molecule has 5 heteroatoms. The Labute approximate surface area is 133 Å². The molecule has 0 amide bonds. The molecule has 0 aliphatic carbocycles. The highest BCUT2D eigenvalue weighted by Gasteiger charge is 2.22. The molecule has 0 fully saturated rings. The fourth-order valence-corrected chi connectivity index (χ4v) is 3.42. The van der Waals surface area contributed by atoms with Crippen LogP contribution in [0.4, 0.5) is 0 Å². The third kappa shape index (κ3) is 2.72. The SMILES string of the molecule is CCCn1ncc(Br)c1C(NC)c1ccc2c(c1)CCO2. The van der Waals surface area contributed by atoms with Crippen LogP contribution in [0.25, 0.3) is 0 Å². The van der Waals surface area contributed by atoms with Crippen LogP contribution in [0, 0.1) is 0 Å². The van der Waals surface area contributed by atoms with Crippen LogP contribution in [0.15, 0.2) is 28.9 Å². The van der Waals surface area contributed by atoms with Gasteiger partial charge in [-0.2, -0.15) is 5.10 Å². The van der Waals surface area contributed by atoms with Gasteiger partial charge in [-0.3, -0.25) is 4.68 Å². The fraction of sp³-hybridized carbons (Fsp3) is 0.438. The zero-order valence-electron chi connectivity index (χ0n) is 12.4. The van der Waals surface area contributed by atoms with E-state index < -0.39 is 0 Å². The summed E-state index contributed by atoms with van der Waals surface area (Å²) >= 11 is 3.64. The van der Waals surface area contributed by atoms with E-state index in [9.17, 15) is 0 Å². The Morgan fingerprint density at radius 1 is 1.48 bits per heavy atom. The van der Waals surface area contributed by atoms with Crippen LogP contribution in [0.5, 0.6) is 5.75 Å². The van der Waals surface area contributed by atoms with Crippen LogP contribution in [-0.4, -0.2) is 23.4 Å². The second-order valence-electron chi connectivity index (χ2n) is 5.29. The number of nitrogens with zero attached hydrogens (tertiary/aromatic N) is 2. The minimum Gasteiger partial charge on any atom is -0.493 e. The molecule has 1 aromatic carbocycles. The van der Waals surface area contributed by atoms with E-state index in [2.05, 4.69) is 56.2 Å². The number of hydrogen-bond acceptors (Lipinski definition) is 3. The van der Waals surface area contributed by atoms with Gasteiger partial charge in [0.2, 0.25) is 0 Å². The molecule has 1 aromatic heterocycles. The number of halogens is 1. The molecule has 0 saturated carbocycles. The van der Waals surface area contributed by atoms with Gasteiger partial charge in [0.05, 0.1) is 29.0 Å². The van der Waals surface area contributed by atoms with Crippen LogP contribution in [0.3, 0.4) is 0 Å². The van der Waals surface area contributed by atoms with E-state index in [1.807, 2.05) is 13.2 Å². The third-order valence-corrected chi connectivity index (χ3v) is 4.49. The first-order valence-electron chi connectivity index (χ1n) is 7.38. The number of nitrogens with one attached hydrogen (secondary N) is 1. The second kappa shape index (κ2) is 6.20. The molecule has 1 aliphatic rings. The summed E-state index contributed by atoms with van der Waals surface area (Å²) in [6, 6.07) is 6.59. The van der Waals surface area contributed by atoms with Gasteiger partial charge in [0, 0.05) is 13.0 Å². The van der Waals surface area contributed by atoms with E-state index >= 15 is 0 Å². The van der Waals surface area contributed by atoms with Crippen molar-refractivity contribution in [2.24, 2.45) is 0 Å². The summed E-state index contributed by atoms with van der Waals surface area (Å²) < 4.78 is 8.72. The van der Waals surface area contributed by atoms with Crippen molar-refractivity contribution in [3.63, 3.8) is 0 Å². The Kier molecular flexibility index (Phi) is 4.31. The van der Waals surface area contributed by atoms with Crippen LogP contribution in [0.1, 0.15) is 36.2 Å². The summed E-state index contributed by atoms with van der Waals surface area (Å²) in [5, 5.41) is 7.90. The summed E-state index contributed by atoms with van der Waals surface area (Å²) in [6.07, 6.45) is 3.94. The predicted molar refractivity (Wildman–Crippen MR) is 86.8 cm³/mol. The van der Waals surface area contributed by atoms with Crippen molar-refractivity contribution >= 4 is 15.9 Å². The molecule has 3 rings (SSSR count). The topological polar surface area (TPSA) is 39.1 Å². The van der Waals surface area contributed by atoms with Gasteiger partial charge in [-0.1, -0.05) is 19.1 Å². The largest absolute Gasteiger partial charge is 0.493 e. The molecule has 1 aliphatic heterocycles. The lowest BCUT2D eigenvalue weighted by molar-refractivity contribution is 0.357. The van der Waals surface area contributed by atoms with Gasteiger partial charge in [0.15, 0.2) is 0 Å². The Balaban J connectivity index is 2.00. The molecule has 4 nitrogen and oxygen atoms in total. The zero-order chi connectivity index (χ0) is 14.8. The Hall–Kier alpha value is -1.33. The Morgan fingerprint density at radius 3 is 3.10 bits per heavy atom. The van der Waals surface area contributed by atoms with E-state index in [0.717, 1.165) is 36.2 Å². The molecule has 2 aromatic rings. The van der Waals surface area contributed by atoms with E-state index in [1.54, 1.807) is 0 Å². The standard InChI is InChI=1S/C16H20BrN3O/c1-3-7-20-16(13(17)10-19-20)15(18-2)12-4-5-14-11(9-12)6-8-21-14/h4-5,9-10,15,18H,3,6-8H2,1-2H3. The maximum atomic E-state index is 5.60. The molecular weight excluding hydrogens is 330 g/mol. The van der Waals surface area contributed by atoms with Crippen LogP contribution in [-0.2, 0) is 13.0 Å². The number of benzene rings is 1. The normalized spacial score (nSPS) is 14.8. The summed E-state index contributed by atoms with van der Waals surface area (Å²) in [5.74, 6) is 1.02. The van der Waals surface area contributed by atoms with Gasteiger partial charge in [0.1, 0.15) is 5.75 Å². The lowest BCUT2D eigenvalue weighted by Gasteiger charge is -2.20. The lowest BCUT2D eigenvalue weighted by Crippen LogP contribution is -2.22. The van der Waals surface area contributed by atoms with Gasteiger partial charge in [-0.15, -0.1) is 0 Å². The number of aromatic nitrogens is 2. The summed E-state index contributed by atoms with van der Waals surface area (Å²) in [4.78, 5) is 0. The monoisotopic (exact) mass is 349 g/mol. The fourth-order valence-electron chi connectivity index (χ4n) is 2.90. The lowest BCUT2D eigenvalue weighted by atomic mass is 10.00. The van der Waals surface area contributed by atoms with Crippen molar-refractivity contribution in [1.29, 1.82) is 0 Å². The number of rotatable bonds is 5. The molecule has 0 spiro atoms. The smallest absolute Gasteiger partial charge is 0.122 e. The molecule has 112 valence electrons. The first-order chi connectivity index (χ1) is 10.2. The Bertz CT molecular complexity index is 638. The summed E-state index contributed by atoms with van der Waals surface area (Å²) in [6.45, 7) is 3.88. The average molecular weight is 350 g/mol. The molecular formula is C16H20BrN3O. The molecule has 1 N–H and O–H groups in total. The van der Waals surface area contributed by atoms with E-state index in [1.165, 1.54) is 16.8 Å². The van der Waals surface area contributed by atoms with Gasteiger partial charge < -0.3 is 10.1 Å². The quantitative estimate of drug-likeness (QED) is 0.899. The predicted octanol–water partition coefficient (Wildman–Crippen LogP) is 3.30. The molecule has 1 atom stereocenters. The van der Waals surface area contributed by atoms with Crippen molar-refractivity contribution in [3.05, 3.63) is 45.7 Å². The number of hydrogen-bond donors (Lipinski definition) is 1. The van der Waals surface area contributed by atoms with Gasteiger partial charge in [-0.05, 0) is 46.6 Å². The first kappa shape index (κ1) is 14.6. The molecule has 0 saturated heterocycles. The zero-order valence-corrected chi connectivity index (χ0v) is 14.0. The maximum absolute atomic E-state index is 5.60. The highest BCUT2D eigenvalue weighted by Crippen LogP contribution is 2.33. The molecule has 0 bridgehead atoms. The number of ether oxygens (including phenoxy) is 1. The highest BCUT2D eigenvalue weighted by atomic mass is 79.9. The third-order valence-electron chi connectivity index (χ3n) is 3.88. The van der Waals surface area contributed by atoms with Crippen molar-refractivity contribution in [1.82, 2.24) is 15.1 Å². The molecule has 21 heavy (non-hydrogen) atoms. The molecule has 2 heterocycles. The average Bonchev–Trinajstić information content (AvgIpc) is 3.09. The van der Waals surface area contributed by atoms with Gasteiger partial charge in [0.25, 0.3) is 0 Å². The number of aryl methyl sites for hydroxylation is 1. The number of fused-ring (bicyclic) bond motifs is 1. The second-order valence-corrected chi connectivity index (χ2v) is 6.14. The minimum absolute atomic E-state index is 0.124. The maximum Gasteiger partial charge on any atom is 0.122 e. The van der Waals surface area contributed by atoms with Gasteiger partial charge >= 0.3 is 0 Å². The van der Waals surface area contributed by atoms with Crippen molar-refractivity contribution in [2.45, 2.75) is 32.4 Å². The first-order valence-corrected chi connectivity index (χ1v) is 8.18. The summed E-state index contributed by atoms with van der Waals surface area (Å²) in [7, 11) is 1.99. The Morgan fingerprint density at radius 2 is 2.33 bits per heavy atom. The van der Waals surface area contributed by atoms with Crippen molar-refractivity contribution < 1.29 is 4.74 Å². The highest BCUT2D eigenvalue weighted by molar-refractivity contribution is 9.10. The molecule has 0 radical (unpaired) electrons. The van der Waals surface area contributed by atoms with Crippen molar-refractivity contribution in [3.8, 4) is 5.75 Å². The van der Waals surface area contributed by atoms with Crippen LogP contribution >= 0.6 is 15.9 Å². The van der Waals surface area contributed by atoms with Crippen LogP contribution in [0.2, 0.25) is 0 Å². The van der Waals surface area contributed by atoms with Crippen LogP contribution < -0.4 is 10.1 Å². The van der Waals surface area contributed by atoms with E-state index in [-0.39, 0.29) is 6.04 Å². The molecule has 1 unspecified atom stereocenters.